The molecule has 1 saturated heterocycles. The summed E-state index contributed by atoms with van der Waals surface area (Å²) in [5, 5.41) is 0. The molecule has 2 unspecified atom stereocenters. The fourth-order valence-corrected chi connectivity index (χ4v) is 3.48. The Bertz CT molecular complexity index is 497. The molecule has 1 aliphatic carbocycles. The van der Waals surface area contributed by atoms with Gasteiger partial charge in [0.15, 0.2) is 0 Å². The van der Waals surface area contributed by atoms with Crippen molar-refractivity contribution in [3.8, 4) is 0 Å². The van der Waals surface area contributed by atoms with Crippen molar-refractivity contribution in [2.24, 2.45) is 11.7 Å². The Morgan fingerprint density at radius 1 is 1.12 bits per heavy atom. The third-order valence-corrected chi connectivity index (χ3v) is 4.91. The second-order valence-electron chi connectivity index (χ2n) is 6.34. The van der Waals surface area contributed by atoms with Crippen molar-refractivity contribution < 1.29 is 4.79 Å². The van der Waals surface area contributed by atoms with Crippen LogP contribution in [0.3, 0.4) is 0 Å². The van der Waals surface area contributed by atoms with E-state index < -0.39 is 0 Å². The topological polar surface area (TPSA) is 75.4 Å². The van der Waals surface area contributed by atoms with Gasteiger partial charge in [0.05, 0.1) is 6.20 Å². The second kappa shape index (κ2) is 10.0. The van der Waals surface area contributed by atoms with Crippen molar-refractivity contribution in [1.82, 2.24) is 14.9 Å². The Hall–Kier alpha value is -1.11. The maximum Gasteiger partial charge on any atom is 0.223 e. The Kier molecular flexibility index (Phi) is 8.73. The highest BCUT2D eigenvalue weighted by Crippen LogP contribution is 2.26. The van der Waals surface area contributed by atoms with Crippen LogP contribution in [0.2, 0.25) is 0 Å². The summed E-state index contributed by atoms with van der Waals surface area (Å²) in [6, 6.07) is 0.207. The molecule has 0 radical (unpaired) electrons. The predicted octanol–water partition coefficient (Wildman–Crippen LogP) is 1.88. The van der Waals surface area contributed by atoms with Gasteiger partial charge < -0.3 is 15.5 Å². The van der Waals surface area contributed by atoms with Crippen LogP contribution in [0.1, 0.15) is 32.1 Å². The summed E-state index contributed by atoms with van der Waals surface area (Å²) in [5.41, 5.74) is 6.16. The third kappa shape index (κ3) is 5.19. The molecule has 1 aliphatic heterocycles. The average Bonchev–Trinajstić information content (AvgIpc) is 2.58. The number of rotatable bonds is 3. The average molecular weight is 376 g/mol. The maximum absolute atomic E-state index is 12.5. The number of nitrogens with zero attached hydrogens (tertiary/aromatic N) is 4. The van der Waals surface area contributed by atoms with Gasteiger partial charge in [0, 0.05) is 51.0 Å². The van der Waals surface area contributed by atoms with Crippen LogP contribution >= 0.6 is 24.8 Å². The number of amides is 1. The van der Waals surface area contributed by atoms with Gasteiger partial charge in [-0.05, 0) is 18.8 Å². The van der Waals surface area contributed by atoms with Crippen LogP contribution in [-0.2, 0) is 4.79 Å². The van der Waals surface area contributed by atoms with Gasteiger partial charge in [0.2, 0.25) is 5.91 Å². The van der Waals surface area contributed by atoms with E-state index in [9.17, 15) is 4.79 Å². The fraction of sp³-hybridized carbons (Fsp3) is 0.688. The molecule has 0 bridgehead atoms. The van der Waals surface area contributed by atoms with E-state index in [-0.39, 0.29) is 36.8 Å². The zero-order chi connectivity index (χ0) is 15.4. The van der Waals surface area contributed by atoms with Crippen LogP contribution in [0, 0.1) is 5.92 Å². The van der Waals surface area contributed by atoms with Crippen LogP contribution < -0.4 is 10.6 Å². The number of halogens is 2. The van der Waals surface area contributed by atoms with E-state index in [0.29, 0.717) is 12.3 Å². The Morgan fingerprint density at radius 2 is 1.83 bits per heavy atom. The highest BCUT2D eigenvalue weighted by Gasteiger charge is 2.28. The summed E-state index contributed by atoms with van der Waals surface area (Å²) in [4.78, 5) is 25.1. The van der Waals surface area contributed by atoms with Gasteiger partial charge in [-0.2, -0.15) is 0 Å². The van der Waals surface area contributed by atoms with Crippen molar-refractivity contribution in [3.63, 3.8) is 0 Å². The van der Waals surface area contributed by atoms with Crippen molar-refractivity contribution in [3.05, 3.63) is 18.6 Å². The van der Waals surface area contributed by atoms with Gasteiger partial charge in [0.25, 0.3) is 0 Å². The van der Waals surface area contributed by atoms with E-state index >= 15 is 0 Å². The number of nitrogens with two attached hydrogens (primary N) is 1. The molecule has 8 heteroatoms. The molecule has 136 valence electrons. The van der Waals surface area contributed by atoms with Crippen LogP contribution in [-0.4, -0.2) is 53.0 Å². The first-order chi connectivity index (χ1) is 10.7. The van der Waals surface area contributed by atoms with Gasteiger partial charge in [-0.1, -0.05) is 12.8 Å². The molecule has 2 atom stereocenters. The highest BCUT2D eigenvalue weighted by molar-refractivity contribution is 5.85. The molecule has 2 heterocycles. The van der Waals surface area contributed by atoms with Crippen molar-refractivity contribution in [2.75, 3.05) is 31.1 Å². The molecule has 2 fully saturated rings. The lowest BCUT2D eigenvalue weighted by atomic mass is 9.82. The van der Waals surface area contributed by atoms with Crippen LogP contribution in [0.15, 0.2) is 18.6 Å². The van der Waals surface area contributed by atoms with Crippen molar-refractivity contribution >= 4 is 36.5 Å². The zero-order valence-corrected chi connectivity index (χ0v) is 15.5. The number of piperazine rings is 1. The van der Waals surface area contributed by atoms with Gasteiger partial charge in [-0.25, -0.2) is 4.98 Å². The quantitative estimate of drug-likeness (QED) is 0.872. The zero-order valence-electron chi connectivity index (χ0n) is 13.8. The number of carbonyl (C=O) groups is 1. The molecule has 1 amide bonds. The van der Waals surface area contributed by atoms with E-state index in [4.69, 9.17) is 5.73 Å². The summed E-state index contributed by atoms with van der Waals surface area (Å²) >= 11 is 0. The number of carbonyl (C=O) groups excluding carboxylic acids is 1. The third-order valence-electron chi connectivity index (χ3n) is 4.91. The minimum absolute atomic E-state index is 0. The van der Waals surface area contributed by atoms with Crippen molar-refractivity contribution in [1.29, 1.82) is 0 Å². The Morgan fingerprint density at radius 3 is 2.46 bits per heavy atom. The summed E-state index contributed by atoms with van der Waals surface area (Å²) in [6.45, 7) is 3.16. The lowest BCUT2D eigenvalue weighted by Crippen LogP contribution is -2.50. The molecule has 0 spiro atoms. The minimum atomic E-state index is 0. The first kappa shape index (κ1) is 20.9. The Labute approximate surface area is 156 Å². The molecule has 2 aliphatic rings. The standard InChI is InChI=1S/C16H25N5O.2ClH/c17-14-4-2-1-3-13(14)11-16(22)21-9-7-20(8-10-21)15-12-18-5-6-19-15;;/h5-6,12-14H,1-4,7-11,17H2;2*1H. The molecular weight excluding hydrogens is 349 g/mol. The number of aromatic nitrogens is 2. The SMILES string of the molecule is Cl.Cl.NC1CCCCC1CC(=O)N1CCN(c2cnccn2)CC1. The number of hydrogen-bond donors (Lipinski definition) is 1. The smallest absolute Gasteiger partial charge is 0.223 e. The summed E-state index contributed by atoms with van der Waals surface area (Å²) in [7, 11) is 0. The molecule has 2 N–H and O–H groups in total. The molecule has 6 nitrogen and oxygen atoms in total. The fourth-order valence-electron chi connectivity index (χ4n) is 3.48. The second-order valence-corrected chi connectivity index (χ2v) is 6.34. The minimum Gasteiger partial charge on any atom is -0.352 e. The molecule has 3 rings (SSSR count). The number of anilines is 1. The maximum atomic E-state index is 12.5. The van der Waals surface area contributed by atoms with Gasteiger partial charge >= 0.3 is 0 Å². The molecule has 1 aromatic rings. The van der Waals surface area contributed by atoms with Gasteiger partial charge in [-0.3, -0.25) is 9.78 Å². The molecule has 1 aromatic heterocycles. The Balaban J connectivity index is 0.00000144. The van der Waals surface area contributed by atoms with Gasteiger partial charge in [0.1, 0.15) is 5.82 Å². The predicted molar refractivity (Wildman–Crippen MR) is 99.9 cm³/mol. The first-order valence-corrected chi connectivity index (χ1v) is 8.28. The van der Waals surface area contributed by atoms with E-state index in [1.807, 2.05) is 4.90 Å². The van der Waals surface area contributed by atoms with Crippen LogP contribution in [0.4, 0.5) is 5.82 Å². The lowest BCUT2D eigenvalue weighted by molar-refractivity contribution is -0.132. The van der Waals surface area contributed by atoms with E-state index in [1.165, 1.54) is 12.8 Å². The lowest BCUT2D eigenvalue weighted by Gasteiger charge is -2.36. The summed E-state index contributed by atoms with van der Waals surface area (Å²) in [5.74, 6) is 1.53. The molecule has 1 saturated carbocycles. The normalized spacial score (nSPS) is 23.9. The molecular formula is C16H27Cl2N5O. The molecule has 0 aromatic carbocycles. The number of hydrogen-bond acceptors (Lipinski definition) is 5. The van der Waals surface area contributed by atoms with E-state index in [2.05, 4.69) is 14.9 Å². The van der Waals surface area contributed by atoms with Crippen LogP contribution in [0.25, 0.3) is 0 Å². The summed E-state index contributed by atoms with van der Waals surface area (Å²) in [6.07, 6.45) is 10.4. The largest absolute Gasteiger partial charge is 0.352 e. The van der Waals surface area contributed by atoms with E-state index in [0.717, 1.165) is 44.8 Å². The highest BCUT2D eigenvalue weighted by atomic mass is 35.5. The van der Waals surface area contributed by atoms with Crippen molar-refractivity contribution in [2.45, 2.75) is 38.1 Å². The van der Waals surface area contributed by atoms with E-state index in [1.54, 1.807) is 18.6 Å². The molecule has 24 heavy (non-hydrogen) atoms. The van der Waals surface area contributed by atoms with Gasteiger partial charge in [-0.15, -0.1) is 24.8 Å². The monoisotopic (exact) mass is 375 g/mol. The summed E-state index contributed by atoms with van der Waals surface area (Å²) < 4.78 is 0. The van der Waals surface area contributed by atoms with Crippen LogP contribution in [0.5, 0.6) is 0 Å². The first-order valence-electron chi connectivity index (χ1n) is 8.28.